The fourth-order valence-corrected chi connectivity index (χ4v) is 2.83. The molecule has 21 heavy (non-hydrogen) atoms. The van der Waals surface area contributed by atoms with E-state index in [2.05, 4.69) is 10.3 Å². The van der Waals surface area contributed by atoms with Crippen molar-refractivity contribution >= 4 is 11.6 Å². The molecule has 5 heteroatoms. The Morgan fingerprint density at radius 3 is 3.05 bits per heavy atom. The zero-order valence-corrected chi connectivity index (χ0v) is 12.4. The first kappa shape index (κ1) is 13.7. The Bertz CT molecular complexity index is 649. The van der Waals surface area contributed by atoms with Gasteiger partial charge in [-0.25, -0.2) is 4.98 Å². The molecule has 0 radical (unpaired) electrons. The van der Waals surface area contributed by atoms with Crippen LogP contribution in [0.2, 0.25) is 0 Å². The van der Waals surface area contributed by atoms with Gasteiger partial charge in [0.05, 0.1) is 12.5 Å². The number of amides is 1. The lowest BCUT2D eigenvalue weighted by Gasteiger charge is -2.29. The van der Waals surface area contributed by atoms with Crippen LogP contribution in [-0.2, 0) is 18.4 Å². The predicted octanol–water partition coefficient (Wildman–Crippen LogP) is 1.98. The van der Waals surface area contributed by atoms with Crippen LogP contribution in [0.5, 0.6) is 0 Å². The van der Waals surface area contributed by atoms with Crippen LogP contribution in [0, 0.1) is 0 Å². The van der Waals surface area contributed by atoms with Gasteiger partial charge >= 0.3 is 0 Å². The van der Waals surface area contributed by atoms with Gasteiger partial charge < -0.3 is 14.8 Å². The van der Waals surface area contributed by atoms with Crippen molar-refractivity contribution in [3.63, 3.8) is 0 Å². The summed E-state index contributed by atoms with van der Waals surface area (Å²) in [5.74, 6) is 0.993. The summed E-state index contributed by atoms with van der Waals surface area (Å²) in [6.07, 6.45) is 4.49. The highest BCUT2D eigenvalue weighted by Crippen LogP contribution is 2.32. The Labute approximate surface area is 124 Å². The number of benzene rings is 1. The molecule has 1 aromatic carbocycles. The summed E-state index contributed by atoms with van der Waals surface area (Å²) in [6, 6.07) is 8.06. The average Bonchev–Trinajstić information content (AvgIpc) is 2.91. The molecular weight excluding hydrogens is 264 g/mol. The van der Waals surface area contributed by atoms with Crippen molar-refractivity contribution in [1.82, 2.24) is 14.5 Å². The zero-order chi connectivity index (χ0) is 14.8. The van der Waals surface area contributed by atoms with Crippen LogP contribution in [0.1, 0.15) is 23.7 Å². The predicted molar refractivity (Wildman–Crippen MR) is 82.0 cm³/mol. The summed E-state index contributed by atoms with van der Waals surface area (Å²) in [5.41, 5.74) is 2.17. The topological polar surface area (TPSA) is 50.2 Å². The molecule has 1 aliphatic heterocycles. The van der Waals surface area contributed by atoms with Gasteiger partial charge in [0.2, 0.25) is 5.91 Å². The third kappa shape index (κ3) is 2.63. The zero-order valence-electron chi connectivity index (χ0n) is 12.4. The van der Waals surface area contributed by atoms with Crippen molar-refractivity contribution < 1.29 is 4.79 Å². The van der Waals surface area contributed by atoms with E-state index in [0.29, 0.717) is 6.54 Å². The maximum absolute atomic E-state index is 12.8. The maximum atomic E-state index is 12.8. The van der Waals surface area contributed by atoms with Gasteiger partial charge in [-0.05, 0) is 18.1 Å². The molecule has 1 unspecified atom stereocenters. The van der Waals surface area contributed by atoms with E-state index in [-0.39, 0.29) is 11.8 Å². The van der Waals surface area contributed by atoms with Gasteiger partial charge in [0.15, 0.2) is 0 Å². The van der Waals surface area contributed by atoms with E-state index < -0.39 is 0 Å². The summed E-state index contributed by atoms with van der Waals surface area (Å²) in [7, 11) is 3.79. The summed E-state index contributed by atoms with van der Waals surface area (Å²) in [6.45, 7) is 1.37. The van der Waals surface area contributed by atoms with E-state index in [1.165, 1.54) is 0 Å². The van der Waals surface area contributed by atoms with E-state index in [4.69, 9.17) is 0 Å². The van der Waals surface area contributed by atoms with Gasteiger partial charge in [0.1, 0.15) is 5.82 Å². The minimum Gasteiger partial charge on any atom is -0.385 e. The number of carbonyl (C=O) groups excluding carboxylic acids is 1. The van der Waals surface area contributed by atoms with Gasteiger partial charge in [-0.2, -0.15) is 0 Å². The lowest BCUT2D eigenvalue weighted by molar-refractivity contribution is -0.132. The molecule has 0 aliphatic carbocycles. The van der Waals surface area contributed by atoms with Gasteiger partial charge in [-0.3, -0.25) is 4.79 Å². The monoisotopic (exact) mass is 284 g/mol. The Hall–Kier alpha value is -2.30. The number of para-hydroxylation sites is 1. The molecule has 1 amide bonds. The van der Waals surface area contributed by atoms with Crippen molar-refractivity contribution in [1.29, 1.82) is 0 Å². The summed E-state index contributed by atoms with van der Waals surface area (Å²) in [4.78, 5) is 18.8. The standard InChI is InChI=1S/C16H20N4O/c1-19-10-9-18-15(19)11-20(2)16(21)13-7-8-17-14-6-4-3-5-12(13)14/h3-6,9-10,13,17H,7-8,11H2,1-2H3. The van der Waals surface area contributed by atoms with Crippen LogP contribution in [0.25, 0.3) is 0 Å². The molecule has 0 saturated heterocycles. The highest BCUT2D eigenvalue weighted by molar-refractivity contribution is 5.86. The van der Waals surface area contributed by atoms with Crippen LogP contribution in [0.3, 0.4) is 0 Å². The van der Waals surface area contributed by atoms with Gasteiger partial charge in [-0.1, -0.05) is 18.2 Å². The highest BCUT2D eigenvalue weighted by atomic mass is 16.2. The van der Waals surface area contributed by atoms with Crippen molar-refractivity contribution in [2.45, 2.75) is 18.9 Å². The van der Waals surface area contributed by atoms with E-state index in [1.54, 1.807) is 11.1 Å². The molecule has 1 aliphatic rings. The number of nitrogens with zero attached hydrogens (tertiary/aromatic N) is 3. The van der Waals surface area contributed by atoms with E-state index >= 15 is 0 Å². The summed E-state index contributed by atoms with van der Waals surface area (Å²) >= 11 is 0. The fourth-order valence-electron chi connectivity index (χ4n) is 2.83. The Balaban J connectivity index is 1.78. The average molecular weight is 284 g/mol. The third-order valence-corrected chi connectivity index (χ3v) is 4.06. The van der Waals surface area contributed by atoms with Crippen molar-refractivity contribution in [3.05, 3.63) is 48.0 Å². The highest BCUT2D eigenvalue weighted by Gasteiger charge is 2.28. The van der Waals surface area contributed by atoms with E-state index in [0.717, 1.165) is 30.0 Å². The number of rotatable bonds is 3. The van der Waals surface area contributed by atoms with Gasteiger partial charge in [0.25, 0.3) is 0 Å². The number of hydrogen-bond donors (Lipinski definition) is 1. The lowest BCUT2D eigenvalue weighted by atomic mass is 9.90. The molecule has 0 fully saturated rings. The second kappa shape index (κ2) is 5.60. The SMILES string of the molecule is CN(Cc1nccn1C)C(=O)C1CCNc2ccccc21. The molecule has 110 valence electrons. The summed E-state index contributed by atoms with van der Waals surface area (Å²) < 4.78 is 1.94. The van der Waals surface area contributed by atoms with Gasteiger partial charge in [0, 0.05) is 38.7 Å². The number of likely N-dealkylation sites (N-methyl/N-ethyl adjacent to an activating group) is 1. The van der Waals surface area contributed by atoms with Crippen LogP contribution in [-0.4, -0.2) is 34.0 Å². The minimum atomic E-state index is -0.0623. The first-order valence-electron chi connectivity index (χ1n) is 7.21. The molecule has 2 aromatic rings. The number of aryl methyl sites for hydroxylation is 1. The first-order chi connectivity index (χ1) is 10.2. The Morgan fingerprint density at radius 2 is 2.29 bits per heavy atom. The smallest absolute Gasteiger partial charge is 0.230 e. The van der Waals surface area contributed by atoms with E-state index in [1.807, 2.05) is 49.1 Å². The first-order valence-corrected chi connectivity index (χ1v) is 7.21. The summed E-state index contributed by atoms with van der Waals surface area (Å²) in [5, 5.41) is 3.35. The van der Waals surface area contributed by atoms with Crippen molar-refractivity contribution in [2.75, 3.05) is 18.9 Å². The molecule has 1 N–H and O–H groups in total. The number of anilines is 1. The molecular formula is C16H20N4O. The number of aromatic nitrogens is 2. The number of nitrogens with one attached hydrogen (secondary N) is 1. The molecule has 0 saturated carbocycles. The fraction of sp³-hybridized carbons (Fsp3) is 0.375. The molecule has 0 spiro atoms. The van der Waals surface area contributed by atoms with Crippen molar-refractivity contribution in [2.24, 2.45) is 7.05 Å². The Kier molecular flexibility index (Phi) is 3.64. The molecule has 1 atom stereocenters. The van der Waals surface area contributed by atoms with Crippen LogP contribution in [0.4, 0.5) is 5.69 Å². The largest absolute Gasteiger partial charge is 0.385 e. The lowest BCUT2D eigenvalue weighted by Crippen LogP contribution is -2.35. The molecule has 1 aromatic heterocycles. The van der Waals surface area contributed by atoms with Crippen LogP contribution in [0.15, 0.2) is 36.7 Å². The molecule has 3 rings (SSSR count). The number of hydrogen-bond acceptors (Lipinski definition) is 3. The molecule has 2 heterocycles. The normalized spacial score (nSPS) is 17.0. The van der Waals surface area contributed by atoms with Crippen LogP contribution < -0.4 is 5.32 Å². The van der Waals surface area contributed by atoms with Gasteiger partial charge in [-0.15, -0.1) is 0 Å². The minimum absolute atomic E-state index is 0.0623. The van der Waals surface area contributed by atoms with Crippen LogP contribution >= 0.6 is 0 Å². The van der Waals surface area contributed by atoms with Crippen molar-refractivity contribution in [3.8, 4) is 0 Å². The second-order valence-electron chi connectivity index (χ2n) is 5.50. The maximum Gasteiger partial charge on any atom is 0.230 e. The number of imidazole rings is 1. The van der Waals surface area contributed by atoms with E-state index in [9.17, 15) is 4.79 Å². The second-order valence-corrected chi connectivity index (χ2v) is 5.50. The Morgan fingerprint density at radius 1 is 1.48 bits per heavy atom. The number of carbonyl (C=O) groups is 1. The quantitative estimate of drug-likeness (QED) is 0.937. The molecule has 5 nitrogen and oxygen atoms in total. The number of fused-ring (bicyclic) bond motifs is 1. The molecule has 0 bridgehead atoms. The third-order valence-electron chi connectivity index (χ3n) is 4.06.